The number of methoxy groups -OCH3 is 1. The van der Waals surface area contributed by atoms with E-state index in [0.717, 1.165) is 24.9 Å². The molecule has 4 rings (SSSR count). The first kappa shape index (κ1) is 24.3. The predicted octanol–water partition coefficient (Wildman–Crippen LogP) is 2.22. The van der Waals surface area contributed by atoms with E-state index in [0.29, 0.717) is 53.4 Å². The minimum Gasteiger partial charge on any atom is -0.495 e. The highest BCUT2D eigenvalue weighted by Crippen LogP contribution is 2.32. The van der Waals surface area contributed by atoms with Crippen molar-refractivity contribution in [3.05, 3.63) is 59.3 Å². The van der Waals surface area contributed by atoms with Gasteiger partial charge in [0.15, 0.2) is 0 Å². The molecule has 0 radical (unpaired) electrons. The first-order valence-corrected chi connectivity index (χ1v) is 11.6. The van der Waals surface area contributed by atoms with Crippen LogP contribution in [0, 0.1) is 11.3 Å². The lowest BCUT2D eigenvalue weighted by Gasteiger charge is -2.32. The second-order valence-electron chi connectivity index (χ2n) is 8.80. The average molecular weight is 478 g/mol. The van der Waals surface area contributed by atoms with Crippen LogP contribution in [-0.4, -0.2) is 74.8 Å². The summed E-state index contributed by atoms with van der Waals surface area (Å²) in [5, 5.41) is 10.4. The van der Waals surface area contributed by atoms with Gasteiger partial charge in [-0.05, 0) is 54.9 Å². The number of ether oxygens (including phenoxy) is 2. The lowest BCUT2D eigenvalue weighted by atomic mass is 9.94. The molecule has 9 heteroatoms. The van der Waals surface area contributed by atoms with Crippen molar-refractivity contribution >= 4 is 29.3 Å². The fourth-order valence-electron chi connectivity index (χ4n) is 4.32. The van der Waals surface area contributed by atoms with Crippen LogP contribution in [0.15, 0.2) is 42.6 Å². The molecule has 9 nitrogen and oxygen atoms in total. The van der Waals surface area contributed by atoms with Gasteiger partial charge in [0.2, 0.25) is 5.91 Å². The molecule has 2 aromatic carbocycles. The molecule has 2 aromatic rings. The number of piperazine rings is 1. The molecule has 2 aliphatic heterocycles. The number of allylic oxidation sites excluding steroid dienone is 1. The first-order chi connectivity index (χ1) is 16.9. The fraction of sp³-hybridized carbons (Fsp3) is 0.346. The van der Waals surface area contributed by atoms with Gasteiger partial charge in [-0.3, -0.25) is 9.59 Å². The molecule has 35 heavy (non-hydrogen) atoms. The Hall–Kier alpha value is -3.85. The van der Waals surface area contributed by atoms with Gasteiger partial charge in [0.25, 0.3) is 5.91 Å². The molecule has 184 valence electrons. The third-order valence-corrected chi connectivity index (χ3v) is 6.50. The number of nitrogens with two attached hydrogens (primary N) is 1. The van der Waals surface area contributed by atoms with Crippen molar-refractivity contribution in [2.45, 2.75) is 6.42 Å². The van der Waals surface area contributed by atoms with Gasteiger partial charge in [-0.1, -0.05) is 6.07 Å². The topological polar surface area (TPSA) is 121 Å². The van der Waals surface area contributed by atoms with E-state index in [1.54, 1.807) is 24.3 Å². The molecule has 4 N–H and O–H groups in total. The van der Waals surface area contributed by atoms with Crippen LogP contribution in [0.1, 0.15) is 21.5 Å². The Morgan fingerprint density at radius 3 is 2.57 bits per heavy atom. The van der Waals surface area contributed by atoms with Crippen LogP contribution in [0.3, 0.4) is 0 Å². The van der Waals surface area contributed by atoms with Gasteiger partial charge in [0.05, 0.1) is 18.7 Å². The number of nitrogens with one attached hydrogen (secondary N) is 2. The maximum absolute atomic E-state index is 13.1. The summed E-state index contributed by atoms with van der Waals surface area (Å²) in [4.78, 5) is 30.1. The standard InChI is InChI=1S/C26H31N5O4/c1-30-7-9-31(10-8-30)26(33)18-4-6-23-19(11-18)12-20(16-35-23)25(32)29-22-5-3-17(13-24(22)34-2)21(14-27)15-28/h3-6,11,13-15,20,27H,7-10,12,16,28H2,1-2H3,(H,29,32)/b21-15+,27-14?. The zero-order valence-electron chi connectivity index (χ0n) is 20.0. The summed E-state index contributed by atoms with van der Waals surface area (Å²) in [5.41, 5.74) is 8.82. The monoisotopic (exact) mass is 477 g/mol. The van der Waals surface area contributed by atoms with E-state index >= 15 is 0 Å². The highest BCUT2D eigenvalue weighted by molar-refractivity contribution is 6.08. The summed E-state index contributed by atoms with van der Waals surface area (Å²) in [6.45, 7) is 3.38. The molecule has 0 aromatic heterocycles. The Morgan fingerprint density at radius 2 is 1.89 bits per heavy atom. The number of nitrogens with zero attached hydrogens (tertiary/aromatic N) is 2. The van der Waals surface area contributed by atoms with Crippen LogP contribution in [0.25, 0.3) is 5.57 Å². The number of likely N-dealkylation sites (N-methyl/N-ethyl adjacent to an activating group) is 1. The highest BCUT2D eigenvalue weighted by Gasteiger charge is 2.28. The zero-order chi connectivity index (χ0) is 24.9. The molecule has 0 bridgehead atoms. The molecular weight excluding hydrogens is 446 g/mol. The number of hydrogen-bond acceptors (Lipinski definition) is 7. The lowest BCUT2D eigenvalue weighted by Crippen LogP contribution is -2.47. The summed E-state index contributed by atoms with van der Waals surface area (Å²) in [5.74, 6) is 0.571. The van der Waals surface area contributed by atoms with E-state index in [-0.39, 0.29) is 18.4 Å². The van der Waals surface area contributed by atoms with Gasteiger partial charge in [-0.15, -0.1) is 0 Å². The SMILES string of the molecule is COc1cc(/C(C=N)=C/N)ccc1NC(=O)C1COc2ccc(C(=O)N3CCN(C)CC3)cc2C1. The number of rotatable bonds is 6. The smallest absolute Gasteiger partial charge is 0.253 e. The molecule has 2 aliphatic rings. The molecular formula is C26H31N5O4. The van der Waals surface area contributed by atoms with Crippen molar-refractivity contribution in [2.75, 3.05) is 52.3 Å². The Morgan fingerprint density at radius 1 is 1.14 bits per heavy atom. The first-order valence-electron chi connectivity index (χ1n) is 11.6. The zero-order valence-corrected chi connectivity index (χ0v) is 20.0. The largest absolute Gasteiger partial charge is 0.495 e. The molecule has 1 atom stereocenters. The van der Waals surface area contributed by atoms with Crippen molar-refractivity contribution < 1.29 is 19.1 Å². The van der Waals surface area contributed by atoms with E-state index in [4.69, 9.17) is 20.6 Å². The summed E-state index contributed by atoms with van der Waals surface area (Å²) in [6.07, 6.45) is 2.98. The highest BCUT2D eigenvalue weighted by atomic mass is 16.5. The second kappa shape index (κ2) is 10.6. The van der Waals surface area contributed by atoms with Gasteiger partial charge < -0.3 is 35.7 Å². The van der Waals surface area contributed by atoms with Crippen molar-refractivity contribution in [1.29, 1.82) is 5.41 Å². The number of amides is 2. The van der Waals surface area contributed by atoms with E-state index in [1.165, 1.54) is 13.3 Å². The molecule has 0 aliphatic carbocycles. The molecule has 0 spiro atoms. The fourth-order valence-corrected chi connectivity index (χ4v) is 4.32. The molecule has 1 saturated heterocycles. The van der Waals surface area contributed by atoms with Gasteiger partial charge >= 0.3 is 0 Å². The lowest BCUT2D eigenvalue weighted by molar-refractivity contribution is -0.121. The van der Waals surface area contributed by atoms with Crippen molar-refractivity contribution in [3.8, 4) is 11.5 Å². The number of fused-ring (bicyclic) bond motifs is 1. The summed E-state index contributed by atoms with van der Waals surface area (Å²) >= 11 is 0. The summed E-state index contributed by atoms with van der Waals surface area (Å²) < 4.78 is 11.3. The Balaban J connectivity index is 1.46. The Kier molecular flexibility index (Phi) is 7.36. The van der Waals surface area contributed by atoms with Crippen molar-refractivity contribution in [3.63, 3.8) is 0 Å². The van der Waals surface area contributed by atoms with Crippen LogP contribution in [0.2, 0.25) is 0 Å². The molecule has 1 unspecified atom stereocenters. The predicted molar refractivity (Wildman–Crippen MR) is 135 cm³/mol. The van der Waals surface area contributed by atoms with Crippen LogP contribution >= 0.6 is 0 Å². The van der Waals surface area contributed by atoms with E-state index in [2.05, 4.69) is 17.3 Å². The number of anilines is 1. The molecule has 2 amide bonds. The Labute approximate surface area is 205 Å². The average Bonchev–Trinajstić information content (AvgIpc) is 2.89. The number of carbonyl (C=O) groups is 2. The number of hydrogen-bond donors (Lipinski definition) is 3. The molecule has 1 fully saturated rings. The summed E-state index contributed by atoms with van der Waals surface area (Å²) in [6, 6.07) is 10.7. The van der Waals surface area contributed by atoms with E-state index < -0.39 is 5.92 Å². The minimum absolute atomic E-state index is 0.00752. The Bertz CT molecular complexity index is 1150. The normalized spacial score (nSPS) is 18.3. The van der Waals surface area contributed by atoms with Gasteiger partial charge in [0, 0.05) is 49.7 Å². The maximum Gasteiger partial charge on any atom is 0.253 e. The summed E-state index contributed by atoms with van der Waals surface area (Å²) in [7, 11) is 3.57. The molecule has 2 heterocycles. The molecule has 0 saturated carbocycles. The van der Waals surface area contributed by atoms with Gasteiger partial charge in [-0.2, -0.15) is 0 Å². The third-order valence-electron chi connectivity index (χ3n) is 6.50. The second-order valence-corrected chi connectivity index (χ2v) is 8.80. The van der Waals surface area contributed by atoms with E-state index in [1.807, 2.05) is 17.0 Å². The third kappa shape index (κ3) is 5.30. The quantitative estimate of drug-likeness (QED) is 0.549. The van der Waals surface area contributed by atoms with Crippen LogP contribution in [0.4, 0.5) is 5.69 Å². The van der Waals surface area contributed by atoms with Crippen molar-refractivity contribution in [2.24, 2.45) is 11.7 Å². The van der Waals surface area contributed by atoms with Crippen molar-refractivity contribution in [1.82, 2.24) is 9.80 Å². The number of benzene rings is 2. The van der Waals surface area contributed by atoms with Crippen LogP contribution in [0.5, 0.6) is 11.5 Å². The number of carbonyl (C=O) groups excluding carboxylic acids is 2. The van der Waals surface area contributed by atoms with Gasteiger partial charge in [-0.25, -0.2) is 0 Å². The van der Waals surface area contributed by atoms with Crippen LogP contribution in [-0.2, 0) is 11.2 Å². The van der Waals surface area contributed by atoms with E-state index in [9.17, 15) is 9.59 Å². The maximum atomic E-state index is 13.1. The van der Waals surface area contributed by atoms with Gasteiger partial charge in [0.1, 0.15) is 18.1 Å². The van der Waals surface area contributed by atoms with Crippen LogP contribution < -0.4 is 20.5 Å². The minimum atomic E-state index is -0.415.